The van der Waals surface area contributed by atoms with E-state index in [0.29, 0.717) is 6.54 Å². The summed E-state index contributed by atoms with van der Waals surface area (Å²) in [5.41, 5.74) is 10.4. The number of aliphatic imine (C=N–C) groups is 1. The molecule has 210 valence electrons. The van der Waals surface area contributed by atoms with Crippen molar-refractivity contribution in [3.63, 3.8) is 0 Å². The van der Waals surface area contributed by atoms with Crippen LogP contribution in [-0.4, -0.2) is 30.4 Å². The molecule has 4 aliphatic rings. The van der Waals surface area contributed by atoms with Gasteiger partial charge in [0.05, 0.1) is 17.6 Å². The van der Waals surface area contributed by atoms with E-state index >= 15 is 0 Å². The molecule has 0 fully saturated rings. The van der Waals surface area contributed by atoms with Crippen molar-refractivity contribution in [2.75, 3.05) is 23.3 Å². The minimum Gasteiger partial charge on any atom is -0.355 e. The van der Waals surface area contributed by atoms with Crippen LogP contribution in [0.4, 0.5) is 22.7 Å². The molecule has 4 aromatic carbocycles. The third-order valence-corrected chi connectivity index (χ3v) is 9.37. The highest BCUT2D eigenvalue weighted by atomic mass is 15.2. The molecule has 8 rings (SSSR count). The summed E-state index contributed by atoms with van der Waals surface area (Å²) in [5.74, 6) is 0.247. The van der Waals surface area contributed by atoms with Gasteiger partial charge in [0.2, 0.25) is 0 Å². The Morgan fingerprint density at radius 1 is 0.837 bits per heavy atom. The number of rotatable bonds is 5. The average molecular weight is 559 g/mol. The van der Waals surface area contributed by atoms with Gasteiger partial charge in [0.15, 0.2) is 0 Å². The van der Waals surface area contributed by atoms with Gasteiger partial charge in [0.1, 0.15) is 0 Å². The molecule has 3 aliphatic heterocycles. The predicted molar refractivity (Wildman–Crippen MR) is 181 cm³/mol. The van der Waals surface area contributed by atoms with E-state index in [0.717, 1.165) is 17.9 Å². The fraction of sp³-hybridized carbons (Fsp3) is 0.154. The standard InChI is InChI=1S/C39H34N4/c1-38-20-9-8-18-35(38)33-25-32(28-12-4-2-5-13-28)36(26-37(33)43(38)31-16-6-3-7-17-31)42-30-15-10-14-29(24-30)34-19-23-41-39(34)21-11-22-40-27-39/h2-22,24-26,35,41-42H,23,27H2,1H3. The Hall–Kier alpha value is -4.93. The molecule has 0 saturated heterocycles. The Bertz CT molecular complexity index is 1850. The Morgan fingerprint density at radius 2 is 1.65 bits per heavy atom. The zero-order valence-electron chi connectivity index (χ0n) is 24.2. The van der Waals surface area contributed by atoms with Gasteiger partial charge < -0.3 is 10.2 Å². The van der Waals surface area contributed by atoms with Crippen LogP contribution >= 0.6 is 0 Å². The van der Waals surface area contributed by atoms with Crippen LogP contribution in [0, 0.1) is 0 Å². The molecule has 0 bridgehead atoms. The second kappa shape index (κ2) is 10.1. The number of nitrogens with zero attached hydrogens (tertiary/aromatic N) is 2. The van der Waals surface area contributed by atoms with Gasteiger partial charge in [-0.3, -0.25) is 10.3 Å². The van der Waals surface area contributed by atoms with Crippen molar-refractivity contribution in [1.82, 2.24) is 5.32 Å². The normalized spacial score (nSPS) is 24.7. The second-order valence-electron chi connectivity index (χ2n) is 12.0. The largest absolute Gasteiger partial charge is 0.355 e. The molecule has 0 radical (unpaired) electrons. The minimum atomic E-state index is -0.237. The highest BCUT2D eigenvalue weighted by molar-refractivity contribution is 5.91. The molecular weight excluding hydrogens is 524 g/mol. The van der Waals surface area contributed by atoms with Crippen molar-refractivity contribution in [3.8, 4) is 11.1 Å². The fourth-order valence-electron chi connectivity index (χ4n) is 7.33. The average Bonchev–Trinajstić information content (AvgIpc) is 3.56. The summed E-state index contributed by atoms with van der Waals surface area (Å²) < 4.78 is 0. The monoisotopic (exact) mass is 558 g/mol. The first kappa shape index (κ1) is 25.8. The van der Waals surface area contributed by atoms with Gasteiger partial charge >= 0.3 is 0 Å². The minimum absolute atomic E-state index is 0.197. The number of hydrogen-bond acceptors (Lipinski definition) is 4. The van der Waals surface area contributed by atoms with Gasteiger partial charge in [-0.15, -0.1) is 0 Å². The van der Waals surface area contributed by atoms with Crippen LogP contribution in [0.2, 0.25) is 0 Å². The summed E-state index contributed by atoms with van der Waals surface area (Å²) in [6, 6.07) is 35.1. The van der Waals surface area contributed by atoms with E-state index in [1.165, 1.54) is 39.2 Å². The quantitative estimate of drug-likeness (QED) is 0.258. The molecule has 0 saturated carbocycles. The van der Waals surface area contributed by atoms with Crippen molar-refractivity contribution in [2.45, 2.75) is 23.9 Å². The van der Waals surface area contributed by atoms with Gasteiger partial charge in [-0.2, -0.15) is 0 Å². The van der Waals surface area contributed by atoms with E-state index in [1.54, 1.807) is 0 Å². The fourth-order valence-corrected chi connectivity index (χ4v) is 7.33. The smallest absolute Gasteiger partial charge is 0.0828 e. The van der Waals surface area contributed by atoms with Crippen molar-refractivity contribution < 1.29 is 0 Å². The van der Waals surface area contributed by atoms with Gasteiger partial charge in [0.25, 0.3) is 0 Å². The van der Waals surface area contributed by atoms with E-state index < -0.39 is 0 Å². The molecule has 2 N–H and O–H groups in total. The van der Waals surface area contributed by atoms with Crippen LogP contribution in [0.25, 0.3) is 16.7 Å². The summed E-state index contributed by atoms with van der Waals surface area (Å²) >= 11 is 0. The van der Waals surface area contributed by atoms with Crippen LogP contribution in [-0.2, 0) is 0 Å². The van der Waals surface area contributed by atoms with Gasteiger partial charge in [0, 0.05) is 47.0 Å². The first-order valence-electron chi connectivity index (χ1n) is 15.1. The summed E-state index contributed by atoms with van der Waals surface area (Å²) in [5, 5.41) is 7.53. The molecule has 3 heterocycles. The van der Waals surface area contributed by atoms with Crippen molar-refractivity contribution in [1.29, 1.82) is 0 Å². The number of para-hydroxylation sites is 1. The highest BCUT2D eigenvalue weighted by Crippen LogP contribution is 2.56. The van der Waals surface area contributed by atoms with Crippen LogP contribution in [0.3, 0.4) is 0 Å². The molecule has 43 heavy (non-hydrogen) atoms. The van der Waals surface area contributed by atoms with Gasteiger partial charge in [-0.05, 0) is 71.7 Å². The maximum absolute atomic E-state index is 4.58. The van der Waals surface area contributed by atoms with Crippen LogP contribution < -0.4 is 15.5 Å². The Balaban J connectivity index is 1.25. The molecule has 3 unspecified atom stereocenters. The lowest BCUT2D eigenvalue weighted by Crippen LogP contribution is -2.44. The number of fused-ring (bicyclic) bond motifs is 3. The van der Waals surface area contributed by atoms with Crippen LogP contribution in [0.15, 0.2) is 145 Å². The van der Waals surface area contributed by atoms with Gasteiger partial charge in [-0.25, -0.2) is 0 Å². The molecule has 1 spiro atoms. The first-order valence-corrected chi connectivity index (χ1v) is 15.1. The number of anilines is 4. The number of allylic oxidation sites excluding steroid dienone is 3. The van der Waals surface area contributed by atoms with E-state index in [1.807, 2.05) is 6.21 Å². The number of dihydropyridines is 1. The number of benzene rings is 4. The predicted octanol–water partition coefficient (Wildman–Crippen LogP) is 8.58. The third-order valence-electron chi connectivity index (χ3n) is 9.37. The van der Waals surface area contributed by atoms with Crippen LogP contribution in [0.1, 0.15) is 24.0 Å². The lowest BCUT2D eigenvalue weighted by molar-refractivity contribution is 0.542. The van der Waals surface area contributed by atoms with Crippen molar-refractivity contribution in [3.05, 3.63) is 151 Å². The highest BCUT2D eigenvalue weighted by Gasteiger charge is 2.47. The van der Waals surface area contributed by atoms with Crippen LogP contribution in [0.5, 0.6) is 0 Å². The second-order valence-corrected chi connectivity index (χ2v) is 12.0. The van der Waals surface area contributed by atoms with E-state index in [4.69, 9.17) is 0 Å². The topological polar surface area (TPSA) is 39.7 Å². The lowest BCUT2D eigenvalue weighted by Gasteiger charge is -2.39. The summed E-state index contributed by atoms with van der Waals surface area (Å²) in [4.78, 5) is 7.09. The molecule has 3 atom stereocenters. The van der Waals surface area contributed by atoms with Crippen molar-refractivity contribution in [2.24, 2.45) is 4.99 Å². The Labute approximate surface area is 253 Å². The number of nitrogens with one attached hydrogen (secondary N) is 2. The first-order chi connectivity index (χ1) is 21.1. The molecule has 0 aromatic heterocycles. The van der Waals surface area contributed by atoms with Gasteiger partial charge in [-0.1, -0.05) is 97.1 Å². The summed E-state index contributed by atoms with van der Waals surface area (Å²) in [7, 11) is 0. The van der Waals surface area contributed by atoms with E-state index in [2.05, 4.69) is 167 Å². The third kappa shape index (κ3) is 4.21. The SMILES string of the molecule is CC12C=CC=CC1c1cc(-c3ccccc3)c(Nc3cccc(C4=CCNC45C=CC=NC5)c3)cc1N2c1ccccc1. The Morgan fingerprint density at radius 3 is 2.47 bits per heavy atom. The van der Waals surface area contributed by atoms with Crippen molar-refractivity contribution >= 4 is 34.5 Å². The lowest BCUT2D eigenvalue weighted by atomic mass is 9.80. The molecule has 4 nitrogen and oxygen atoms in total. The molecule has 0 amide bonds. The van der Waals surface area contributed by atoms with E-state index in [9.17, 15) is 0 Å². The summed E-state index contributed by atoms with van der Waals surface area (Å²) in [6.07, 6.45) is 17.6. The molecular formula is C39H34N4. The Kier molecular flexibility index (Phi) is 6.06. The molecule has 4 aromatic rings. The zero-order chi connectivity index (χ0) is 28.9. The summed E-state index contributed by atoms with van der Waals surface area (Å²) in [6.45, 7) is 3.91. The molecule has 1 aliphatic carbocycles. The van der Waals surface area contributed by atoms with E-state index in [-0.39, 0.29) is 17.0 Å². The zero-order valence-corrected chi connectivity index (χ0v) is 24.2. The number of hydrogen-bond donors (Lipinski definition) is 2. The molecule has 4 heteroatoms. The maximum atomic E-state index is 4.58. The maximum Gasteiger partial charge on any atom is 0.0828 e.